The number of ether oxygens (including phenoxy) is 1. The molecule has 4 rings (SSSR count). The summed E-state index contributed by atoms with van der Waals surface area (Å²) in [6.45, 7) is 0. The number of hydrogen-bond donors (Lipinski definition) is 1. The lowest BCUT2D eigenvalue weighted by Crippen LogP contribution is -2.17. The number of fused-ring (bicyclic) bond motifs is 1. The zero-order valence-corrected chi connectivity index (χ0v) is 16.4. The van der Waals surface area contributed by atoms with Crippen molar-refractivity contribution < 1.29 is 27.1 Å². The van der Waals surface area contributed by atoms with E-state index < -0.39 is 6.36 Å². The third-order valence-corrected chi connectivity index (χ3v) is 4.93. The van der Waals surface area contributed by atoms with Gasteiger partial charge in [0.05, 0.1) is 10.5 Å². The summed E-state index contributed by atoms with van der Waals surface area (Å²) < 4.78 is 47.2. The fourth-order valence-corrected chi connectivity index (χ4v) is 3.63. The molecule has 0 unspecified atom stereocenters. The molecule has 1 amide bonds. The maximum atomic E-state index is 12.4. The number of thiocarbonyl (C=S) groups is 1. The third-order valence-electron chi connectivity index (χ3n) is 3.77. The highest BCUT2D eigenvalue weighted by atomic mass is 32.2. The smallest absolute Gasteiger partial charge is 0.455 e. The minimum Gasteiger partial charge on any atom is -0.455 e. The standard InChI is InChI=1S/C20H9F3N2O3S2/c21-20(22,23)28-14-3-1-2-11(6-14)4-5-12-9-24-10-13-7-15(27-17(12)13)8-16-18(26)25-19(29)30-16/h1-3,6-10H,(H,25,26,29)/b16-8-. The Morgan fingerprint density at radius 3 is 2.80 bits per heavy atom. The summed E-state index contributed by atoms with van der Waals surface area (Å²) in [5.41, 5.74) is 1.21. The molecule has 1 aliphatic rings. The molecule has 2 aromatic heterocycles. The zero-order valence-electron chi connectivity index (χ0n) is 14.7. The summed E-state index contributed by atoms with van der Waals surface area (Å²) in [6, 6.07) is 7.05. The van der Waals surface area contributed by atoms with Gasteiger partial charge in [-0.2, -0.15) is 0 Å². The first-order valence-corrected chi connectivity index (χ1v) is 9.49. The van der Waals surface area contributed by atoms with Crippen molar-refractivity contribution in [2.24, 2.45) is 0 Å². The molecule has 0 radical (unpaired) electrons. The lowest BCUT2D eigenvalue weighted by atomic mass is 10.2. The Bertz CT molecular complexity index is 1270. The van der Waals surface area contributed by atoms with Crippen LogP contribution in [0, 0.1) is 11.8 Å². The molecule has 3 aromatic rings. The van der Waals surface area contributed by atoms with E-state index in [1.807, 2.05) is 0 Å². The molecule has 30 heavy (non-hydrogen) atoms. The Kier molecular flexibility index (Phi) is 5.24. The van der Waals surface area contributed by atoms with Gasteiger partial charge in [-0.3, -0.25) is 9.78 Å². The normalized spacial score (nSPS) is 15.2. The van der Waals surface area contributed by atoms with Crippen molar-refractivity contribution in [3.8, 4) is 17.6 Å². The molecule has 3 heterocycles. The number of carbonyl (C=O) groups is 1. The average Bonchev–Trinajstić information content (AvgIpc) is 3.21. The van der Waals surface area contributed by atoms with Gasteiger partial charge in [0.25, 0.3) is 5.91 Å². The van der Waals surface area contributed by atoms with Gasteiger partial charge in [0.1, 0.15) is 15.8 Å². The van der Waals surface area contributed by atoms with Gasteiger partial charge in [0, 0.05) is 29.4 Å². The van der Waals surface area contributed by atoms with Crippen LogP contribution in [0.5, 0.6) is 5.75 Å². The lowest BCUT2D eigenvalue weighted by molar-refractivity contribution is -0.274. The molecular formula is C20H9F3N2O3S2. The number of furan rings is 1. The number of halogens is 3. The molecule has 0 atom stereocenters. The van der Waals surface area contributed by atoms with Gasteiger partial charge in [-0.15, -0.1) is 13.2 Å². The number of thioether (sulfide) groups is 1. The summed E-state index contributed by atoms with van der Waals surface area (Å²) in [7, 11) is 0. The van der Waals surface area contributed by atoms with Crippen LogP contribution >= 0.6 is 24.0 Å². The topological polar surface area (TPSA) is 64.4 Å². The summed E-state index contributed by atoms with van der Waals surface area (Å²) in [6.07, 6.45) is -0.151. The number of rotatable bonds is 2. The van der Waals surface area contributed by atoms with Crippen LogP contribution in [-0.2, 0) is 4.79 Å². The summed E-state index contributed by atoms with van der Waals surface area (Å²) in [4.78, 5) is 16.3. The Labute approximate surface area is 177 Å². The highest BCUT2D eigenvalue weighted by Gasteiger charge is 2.31. The van der Waals surface area contributed by atoms with Gasteiger partial charge in [-0.05, 0) is 24.3 Å². The summed E-state index contributed by atoms with van der Waals surface area (Å²) in [5.74, 6) is 5.38. The molecule has 1 saturated heterocycles. The van der Waals surface area contributed by atoms with Crippen molar-refractivity contribution in [3.05, 3.63) is 64.5 Å². The molecule has 0 saturated carbocycles. The van der Waals surface area contributed by atoms with Crippen molar-refractivity contribution in [2.75, 3.05) is 0 Å². The molecule has 1 fully saturated rings. The van der Waals surface area contributed by atoms with Crippen molar-refractivity contribution >= 4 is 51.3 Å². The number of hydrogen-bond acceptors (Lipinski definition) is 6. The first kappa shape index (κ1) is 20.0. The number of pyridine rings is 1. The van der Waals surface area contributed by atoms with Crippen LogP contribution in [0.15, 0.2) is 52.0 Å². The van der Waals surface area contributed by atoms with Crippen molar-refractivity contribution in [1.29, 1.82) is 0 Å². The molecule has 0 aliphatic carbocycles. The predicted molar refractivity (Wildman–Crippen MR) is 109 cm³/mol. The highest BCUT2D eigenvalue weighted by Crippen LogP contribution is 2.29. The van der Waals surface area contributed by atoms with E-state index in [9.17, 15) is 18.0 Å². The van der Waals surface area contributed by atoms with Crippen molar-refractivity contribution in [3.63, 3.8) is 0 Å². The number of aromatic nitrogens is 1. The van der Waals surface area contributed by atoms with Crippen LogP contribution in [-0.4, -0.2) is 21.6 Å². The number of nitrogens with zero attached hydrogens (tertiary/aromatic N) is 1. The number of alkyl halides is 3. The van der Waals surface area contributed by atoms with Gasteiger partial charge >= 0.3 is 6.36 Å². The first-order chi connectivity index (χ1) is 14.3. The second-order valence-corrected chi connectivity index (χ2v) is 7.65. The Balaban J connectivity index is 1.65. The average molecular weight is 446 g/mol. The fraction of sp³-hybridized carbons (Fsp3) is 0.0500. The van der Waals surface area contributed by atoms with E-state index in [2.05, 4.69) is 26.9 Å². The highest BCUT2D eigenvalue weighted by molar-refractivity contribution is 8.26. The zero-order chi connectivity index (χ0) is 21.3. The number of benzene rings is 1. The molecule has 1 aliphatic heterocycles. The van der Waals surface area contributed by atoms with E-state index >= 15 is 0 Å². The minimum atomic E-state index is -4.78. The third kappa shape index (κ3) is 4.64. The molecule has 5 nitrogen and oxygen atoms in total. The number of amides is 1. The molecule has 0 bridgehead atoms. The maximum absolute atomic E-state index is 12.4. The second kappa shape index (κ2) is 7.85. The first-order valence-electron chi connectivity index (χ1n) is 8.27. The molecule has 1 N–H and O–H groups in total. The fourth-order valence-electron chi connectivity index (χ4n) is 2.60. The van der Waals surface area contributed by atoms with E-state index in [0.29, 0.717) is 37.1 Å². The van der Waals surface area contributed by atoms with E-state index in [4.69, 9.17) is 16.6 Å². The predicted octanol–water partition coefficient (Wildman–Crippen LogP) is 4.62. The maximum Gasteiger partial charge on any atom is 0.573 e. The van der Waals surface area contributed by atoms with E-state index in [0.717, 1.165) is 11.8 Å². The Hall–Kier alpha value is -3.29. The largest absolute Gasteiger partial charge is 0.573 e. The Morgan fingerprint density at radius 1 is 1.23 bits per heavy atom. The van der Waals surface area contributed by atoms with Gasteiger partial charge in [0.15, 0.2) is 5.58 Å². The molecule has 10 heteroatoms. The van der Waals surface area contributed by atoms with E-state index in [1.54, 1.807) is 24.4 Å². The van der Waals surface area contributed by atoms with Crippen LogP contribution in [0.1, 0.15) is 16.9 Å². The van der Waals surface area contributed by atoms with Gasteiger partial charge in [0.2, 0.25) is 0 Å². The number of nitrogens with one attached hydrogen (secondary N) is 1. The van der Waals surface area contributed by atoms with Crippen LogP contribution in [0.4, 0.5) is 13.2 Å². The minimum absolute atomic E-state index is 0.301. The number of carbonyl (C=O) groups excluding carboxylic acids is 1. The molecular weight excluding hydrogens is 437 g/mol. The van der Waals surface area contributed by atoms with Crippen LogP contribution < -0.4 is 10.1 Å². The van der Waals surface area contributed by atoms with Gasteiger partial charge in [-0.1, -0.05) is 41.9 Å². The van der Waals surface area contributed by atoms with Gasteiger partial charge < -0.3 is 14.5 Å². The molecule has 1 aromatic carbocycles. The Morgan fingerprint density at radius 2 is 2.07 bits per heavy atom. The van der Waals surface area contributed by atoms with Crippen LogP contribution in [0.2, 0.25) is 0 Å². The van der Waals surface area contributed by atoms with Crippen LogP contribution in [0.25, 0.3) is 17.0 Å². The lowest BCUT2D eigenvalue weighted by Gasteiger charge is -2.08. The summed E-state index contributed by atoms with van der Waals surface area (Å²) >= 11 is 6.09. The van der Waals surface area contributed by atoms with Crippen LogP contribution in [0.3, 0.4) is 0 Å². The van der Waals surface area contributed by atoms with E-state index in [-0.39, 0.29) is 11.7 Å². The van der Waals surface area contributed by atoms with Gasteiger partial charge in [-0.25, -0.2) is 0 Å². The van der Waals surface area contributed by atoms with E-state index in [1.165, 1.54) is 24.4 Å². The monoisotopic (exact) mass is 446 g/mol. The summed E-state index contributed by atoms with van der Waals surface area (Å²) in [5, 5.41) is 3.18. The quantitative estimate of drug-likeness (QED) is 0.352. The molecule has 0 spiro atoms. The van der Waals surface area contributed by atoms with Crippen molar-refractivity contribution in [1.82, 2.24) is 10.3 Å². The second-order valence-electron chi connectivity index (χ2n) is 5.93. The van der Waals surface area contributed by atoms with Crippen molar-refractivity contribution in [2.45, 2.75) is 6.36 Å². The SMILES string of the molecule is O=C1NC(=S)S/C1=C\c1cc2cncc(C#Cc3cccc(OC(F)(F)F)c3)c2o1. The molecule has 150 valence electrons.